The summed E-state index contributed by atoms with van der Waals surface area (Å²) < 4.78 is 6.34. The van der Waals surface area contributed by atoms with Crippen LogP contribution in [0.5, 0.6) is 5.88 Å². The molecule has 2 aromatic heterocycles. The van der Waals surface area contributed by atoms with Crippen molar-refractivity contribution in [2.24, 2.45) is 0 Å². The molecule has 0 aliphatic heterocycles. The Labute approximate surface area is 121 Å². The van der Waals surface area contributed by atoms with Gasteiger partial charge < -0.3 is 10.1 Å². The number of para-hydroxylation sites is 1. The first-order valence-electron chi connectivity index (χ1n) is 6.39. The molecule has 2 heterocycles. The van der Waals surface area contributed by atoms with Crippen LogP contribution in [0.2, 0.25) is 0 Å². The predicted octanol–water partition coefficient (Wildman–Crippen LogP) is 2.99. The van der Waals surface area contributed by atoms with E-state index in [0.717, 1.165) is 29.2 Å². The molecule has 0 bridgehead atoms. The first-order chi connectivity index (χ1) is 9.85. The Balaban J connectivity index is 1.61. The molecule has 0 saturated carbocycles. The second kappa shape index (κ2) is 5.98. The molecule has 0 spiro atoms. The molecule has 0 aliphatic rings. The van der Waals surface area contributed by atoms with Gasteiger partial charge in [-0.15, -0.1) is 11.3 Å². The third-order valence-corrected chi connectivity index (χ3v) is 3.99. The van der Waals surface area contributed by atoms with Crippen molar-refractivity contribution in [2.45, 2.75) is 13.1 Å². The summed E-state index contributed by atoms with van der Waals surface area (Å²) in [5, 5.41) is 4.50. The summed E-state index contributed by atoms with van der Waals surface area (Å²) in [5.74, 6) is 0.643. The van der Waals surface area contributed by atoms with Crippen molar-refractivity contribution in [1.29, 1.82) is 0 Å². The molecule has 1 N–H and O–H groups in total. The average molecular weight is 285 g/mol. The molecule has 3 aromatic rings. The third kappa shape index (κ3) is 2.95. The van der Waals surface area contributed by atoms with Crippen LogP contribution in [0.3, 0.4) is 0 Å². The van der Waals surface area contributed by atoms with Crippen molar-refractivity contribution in [1.82, 2.24) is 15.3 Å². The van der Waals surface area contributed by atoms with E-state index in [1.54, 1.807) is 24.6 Å². The zero-order chi connectivity index (χ0) is 13.8. The van der Waals surface area contributed by atoms with Crippen LogP contribution in [-0.2, 0) is 13.1 Å². The average Bonchev–Trinajstić information content (AvgIpc) is 2.90. The molecule has 20 heavy (non-hydrogen) atoms. The number of nitrogens with zero attached hydrogens (tertiary/aromatic N) is 2. The molecule has 102 valence electrons. The summed E-state index contributed by atoms with van der Waals surface area (Å²) in [6.45, 7) is 1.54. The molecule has 0 saturated heterocycles. The van der Waals surface area contributed by atoms with Crippen LogP contribution < -0.4 is 10.1 Å². The van der Waals surface area contributed by atoms with Crippen LogP contribution in [0, 0.1) is 0 Å². The van der Waals surface area contributed by atoms with Gasteiger partial charge in [0.05, 0.1) is 17.3 Å². The maximum absolute atomic E-state index is 5.11. The van der Waals surface area contributed by atoms with Gasteiger partial charge in [0.2, 0.25) is 5.88 Å². The van der Waals surface area contributed by atoms with Crippen LogP contribution in [0.4, 0.5) is 0 Å². The van der Waals surface area contributed by atoms with Crippen LogP contribution in [0.25, 0.3) is 10.2 Å². The minimum absolute atomic E-state index is 0.643. The lowest BCUT2D eigenvalue weighted by molar-refractivity contribution is 0.397. The van der Waals surface area contributed by atoms with Gasteiger partial charge in [-0.1, -0.05) is 12.1 Å². The molecule has 0 unspecified atom stereocenters. The van der Waals surface area contributed by atoms with Gasteiger partial charge in [-0.3, -0.25) is 0 Å². The number of pyridine rings is 1. The highest BCUT2D eigenvalue weighted by Crippen LogP contribution is 2.21. The van der Waals surface area contributed by atoms with Gasteiger partial charge in [0.1, 0.15) is 5.01 Å². The van der Waals surface area contributed by atoms with Gasteiger partial charge >= 0.3 is 0 Å². The molecule has 0 radical (unpaired) electrons. The van der Waals surface area contributed by atoms with Crippen molar-refractivity contribution in [3.8, 4) is 5.88 Å². The van der Waals surface area contributed by atoms with Gasteiger partial charge in [0, 0.05) is 25.4 Å². The molecule has 0 amide bonds. The second-order valence-electron chi connectivity index (χ2n) is 4.39. The fraction of sp³-hybridized carbons (Fsp3) is 0.200. The van der Waals surface area contributed by atoms with Crippen molar-refractivity contribution in [2.75, 3.05) is 7.11 Å². The van der Waals surface area contributed by atoms with Crippen molar-refractivity contribution >= 4 is 21.6 Å². The topological polar surface area (TPSA) is 47.0 Å². The minimum atomic E-state index is 0.643. The maximum Gasteiger partial charge on any atom is 0.213 e. The Bertz CT molecular complexity index is 678. The number of fused-ring (bicyclic) bond motifs is 1. The minimum Gasteiger partial charge on any atom is -0.481 e. The van der Waals surface area contributed by atoms with Crippen molar-refractivity contribution < 1.29 is 4.74 Å². The standard InChI is InChI=1S/C15H15N3OS/c1-19-14-8-11(6-7-17-14)9-16-10-15-18-12-4-2-3-5-13(12)20-15/h2-8,16H,9-10H2,1H3. The SMILES string of the molecule is COc1cc(CNCc2nc3ccccc3s2)ccn1. The predicted molar refractivity (Wildman–Crippen MR) is 81.0 cm³/mol. The van der Waals surface area contributed by atoms with E-state index in [1.807, 2.05) is 30.3 Å². The molecular formula is C15H15N3OS. The van der Waals surface area contributed by atoms with Crippen LogP contribution in [-0.4, -0.2) is 17.1 Å². The number of methoxy groups -OCH3 is 1. The van der Waals surface area contributed by atoms with E-state index in [1.165, 1.54) is 4.70 Å². The van der Waals surface area contributed by atoms with E-state index >= 15 is 0 Å². The highest BCUT2D eigenvalue weighted by Gasteiger charge is 2.03. The van der Waals surface area contributed by atoms with Gasteiger partial charge in [-0.2, -0.15) is 0 Å². The van der Waals surface area contributed by atoms with Crippen LogP contribution in [0.15, 0.2) is 42.6 Å². The molecule has 1 aromatic carbocycles. The Hall–Kier alpha value is -1.98. The smallest absolute Gasteiger partial charge is 0.213 e. The number of aromatic nitrogens is 2. The highest BCUT2D eigenvalue weighted by atomic mass is 32.1. The molecule has 4 nitrogen and oxygen atoms in total. The summed E-state index contributed by atoms with van der Waals surface area (Å²) in [7, 11) is 1.63. The number of ether oxygens (including phenoxy) is 1. The van der Waals surface area contributed by atoms with Gasteiger partial charge in [-0.25, -0.2) is 9.97 Å². The summed E-state index contributed by atoms with van der Waals surface area (Å²) in [6, 6.07) is 12.1. The first-order valence-corrected chi connectivity index (χ1v) is 7.21. The van der Waals surface area contributed by atoms with E-state index in [-0.39, 0.29) is 0 Å². The number of hydrogen-bond acceptors (Lipinski definition) is 5. The quantitative estimate of drug-likeness (QED) is 0.783. The lowest BCUT2D eigenvalue weighted by Gasteiger charge is -2.04. The molecule has 0 fully saturated rings. The Morgan fingerprint density at radius 1 is 1.20 bits per heavy atom. The largest absolute Gasteiger partial charge is 0.481 e. The van der Waals surface area contributed by atoms with E-state index < -0.39 is 0 Å². The number of benzene rings is 1. The monoisotopic (exact) mass is 285 g/mol. The lowest BCUT2D eigenvalue weighted by atomic mass is 10.2. The van der Waals surface area contributed by atoms with E-state index in [0.29, 0.717) is 5.88 Å². The Morgan fingerprint density at radius 2 is 2.10 bits per heavy atom. The lowest BCUT2D eigenvalue weighted by Crippen LogP contribution is -2.12. The van der Waals surface area contributed by atoms with Gasteiger partial charge in [0.25, 0.3) is 0 Å². The Morgan fingerprint density at radius 3 is 2.95 bits per heavy atom. The van der Waals surface area contributed by atoms with Crippen LogP contribution >= 0.6 is 11.3 Å². The fourth-order valence-corrected chi connectivity index (χ4v) is 2.92. The highest BCUT2D eigenvalue weighted by molar-refractivity contribution is 7.18. The second-order valence-corrected chi connectivity index (χ2v) is 5.50. The number of hydrogen-bond donors (Lipinski definition) is 1. The zero-order valence-electron chi connectivity index (χ0n) is 11.2. The van der Waals surface area contributed by atoms with Gasteiger partial charge in [-0.05, 0) is 23.8 Å². The fourth-order valence-electron chi connectivity index (χ4n) is 1.98. The third-order valence-electron chi connectivity index (χ3n) is 2.95. The number of thiazole rings is 1. The molecule has 3 rings (SSSR count). The molecule has 0 aliphatic carbocycles. The summed E-state index contributed by atoms with van der Waals surface area (Å²) in [5.41, 5.74) is 2.22. The van der Waals surface area contributed by atoms with E-state index in [9.17, 15) is 0 Å². The normalized spacial score (nSPS) is 10.8. The summed E-state index contributed by atoms with van der Waals surface area (Å²) in [4.78, 5) is 8.69. The first kappa shape index (κ1) is 13.0. The summed E-state index contributed by atoms with van der Waals surface area (Å²) >= 11 is 1.73. The van der Waals surface area contributed by atoms with Crippen molar-refractivity contribution in [3.63, 3.8) is 0 Å². The molecule has 5 heteroatoms. The summed E-state index contributed by atoms with van der Waals surface area (Å²) in [6.07, 6.45) is 1.76. The zero-order valence-corrected chi connectivity index (χ0v) is 12.0. The van der Waals surface area contributed by atoms with E-state index in [4.69, 9.17) is 4.74 Å². The van der Waals surface area contributed by atoms with Crippen molar-refractivity contribution in [3.05, 3.63) is 53.2 Å². The maximum atomic E-state index is 5.11. The molecular weight excluding hydrogens is 270 g/mol. The van der Waals surface area contributed by atoms with Crippen LogP contribution in [0.1, 0.15) is 10.6 Å². The number of nitrogens with one attached hydrogen (secondary N) is 1. The van der Waals surface area contributed by atoms with E-state index in [2.05, 4.69) is 21.4 Å². The Kier molecular flexibility index (Phi) is 3.90. The number of rotatable bonds is 5. The van der Waals surface area contributed by atoms with Gasteiger partial charge in [0.15, 0.2) is 0 Å². The molecule has 0 atom stereocenters.